The van der Waals surface area contributed by atoms with Gasteiger partial charge in [0.2, 0.25) is 0 Å². The molecule has 0 unspecified atom stereocenters. The minimum absolute atomic E-state index is 0.0339. The molecule has 1 heterocycles. The Kier molecular flexibility index (Phi) is 6.05. The number of likely N-dealkylation sites (tertiary alicyclic amines) is 1. The first-order valence-corrected chi connectivity index (χ1v) is 7.75. The third-order valence-electron chi connectivity index (χ3n) is 3.64. The number of hydrogen-bond acceptors (Lipinski definition) is 4. The Morgan fingerprint density at radius 3 is 2.76 bits per heavy atom. The third-order valence-corrected chi connectivity index (χ3v) is 3.64. The van der Waals surface area contributed by atoms with E-state index in [1.54, 1.807) is 0 Å². The topological polar surface area (TPSA) is 38.8 Å². The lowest BCUT2D eigenvalue weighted by Crippen LogP contribution is -2.37. The maximum atomic E-state index is 11.8. The van der Waals surface area contributed by atoms with Crippen LogP contribution in [0.25, 0.3) is 0 Å². The Bertz CT molecular complexity index is 455. The molecule has 1 fully saturated rings. The van der Waals surface area contributed by atoms with Gasteiger partial charge in [0.15, 0.2) is 6.61 Å². The number of ether oxygens (including phenoxy) is 2. The van der Waals surface area contributed by atoms with Gasteiger partial charge in [-0.25, -0.2) is 4.79 Å². The van der Waals surface area contributed by atoms with Gasteiger partial charge >= 0.3 is 5.97 Å². The number of carbonyl (C=O) groups excluding carboxylic acids is 1. The monoisotopic (exact) mass is 291 g/mol. The van der Waals surface area contributed by atoms with E-state index < -0.39 is 0 Å². The zero-order valence-electron chi connectivity index (χ0n) is 13.0. The van der Waals surface area contributed by atoms with Crippen LogP contribution in [0.1, 0.15) is 31.7 Å². The molecule has 1 aliphatic heterocycles. The highest BCUT2D eigenvalue weighted by molar-refractivity contribution is 5.71. The average Bonchev–Trinajstić information content (AvgIpc) is 2.46. The number of carbonyl (C=O) groups is 1. The predicted octanol–water partition coefficient (Wildman–Crippen LogP) is 2.79. The van der Waals surface area contributed by atoms with Gasteiger partial charge in [-0.2, -0.15) is 0 Å². The van der Waals surface area contributed by atoms with Gasteiger partial charge in [-0.1, -0.05) is 18.6 Å². The van der Waals surface area contributed by atoms with Crippen LogP contribution in [-0.2, 0) is 9.53 Å². The maximum Gasteiger partial charge on any atom is 0.344 e. The van der Waals surface area contributed by atoms with Crippen molar-refractivity contribution in [1.82, 2.24) is 4.90 Å². The van der Waals surface area contributed by atoms with Crippen LogP contribution >= 0.6 is 0 Å². The van der Waals surface area contributed by atoms with Crippen LogP contribution < -0.4 is 4.74 Å². The van der Waals surface area contributed by atoms with Crippen molar-refractivity contribution in [3.05, 3.63) is 29.8 Å². The summed E-state index contributed by atoms with van der Waals surface area (Å²) in [5.41, 5.74) is 1.11. The second kappa shape index (κ2) is 8.03. The Balaban J connectivity index is 1.68. The lowest BCUT2D eigenvalue weighted by molar-refractivity contribution is -0.151. The van der Waals surface area contributed by atoms with E-state index in [0.717, 1.165) is 25.2 Å². The van der Waals surface area contributed by atoms with Gasteiger partial charge in [-0.15, -0.1) is 0 Å². The Labute approximate surface area is 127 Å². The highest BCUT2D eigenvalue weighted by Crippen LogP contribution is 2.13. The highest BCUT2D eigenvalue weighted by Gasteiger charge is 2.16. The molecular weight excluding hydrogens is 266 g/mol. The standard InChI is InChI=1S/C17H25NO3/c1-14-7-6-8-16(11-14)20-13-17(19)21-15(2)12-18-9-4-3-5-10-18/h6-8,11,15H,3-5,9-10,12-13H2,1-2H3/t15-/m0/s1. The van der Waals surface area contributed by atoms with Crippen molar-refractivity contribution in [2.24, 2.45) is 0 Å². The molecule has 0 aromatic heterocycles. The lowest BCUT2D eigenvalue weighted by atomic mass is 10.1. The number of nitrogens with zero attached hydrogens (tertiary/aromatic N) is 1. The van der Waals surface area contributed by atoms with Crippen LogP contribution in [0.5, 0.6) is 5.75 Å². The van der Waals surface area contributed by atoms with Gasteiger partial charge in [0.05, 0.1) is 0 Å². The first-order valence-electron chi connectivity index (χ1n) is 7.75. The van der Waals surface area contributed by atoms with Crippen LogP contribution in [-0.4, -0.2) is 43.2 Å². The fourth-order valence-electron chi connectivity index (χ4n) is 2.65. The second-order valence-electron chi connectivity index (χ2n) is 5.77. The zero-order chi connectivity index (χ0) is 15.1. The summed E-state index contributed by atoms with van der Waals surface area (Å²) < 4.78 is 10.9. The molecule has 116 valence electrons. The predicted molar refractivity (Wildman–Crippen MR) is 82.5 cm³/mol. The number of rotatable bonds is 6. The summed E-state index contributed by atoms with van der Waals surface area (Å²) in [6, 6.07) is 7.66. The molecule has 1 atom stereocenters. The van der Waals surface area contributed by atoms with Crippen LogP contribution in [0.2, 0.25) is 0 Å². The van der Waals surface area contributed by atoms with Gasteiger partial charge in [0, 0.05) is 6.54 Å². The minimum Gasteiger partial charge on any atom is -0.482 e. The van der Waals surface area contributed by atoms with E-state index in [1.165, 1.54) is 19.3 Å². The second-order valence-corrected chi connectivity index (χ2v) is 5.77. The molecule has 21 heavy (non-hydrogen) atoms. The maximum absolute atomic E-state index is 11.8. The van der Waals surface area contributed by atoms with E-state index in [-0.39, 0.29) is 18.7 Å². The van der Waals surface area contributed by atoms with Crippen LogP contribution in [0.15, 0.2) is 24.3 Å². The molecule has 1 aromatic rings. The minimum atomic E-state index is -0.305. The molecule has 0 spiro atoms. The Morgan fingerprint density at radius 2 is 2.05 bits per heavy atom. The van der Waals surface area contributed by atoms with Crippen molar-refractivity contribution >= 4 is 5.97 Å². The summed E-state index contributed by atoms with van der Waals surface area (Å²) in [5.74, 6) is 0.400. The molecule has 1 aliphatic rings. The zero-order valence-corrected chi connectivity index (χ0v) is 13.0. The summed E-state index contributed by atoms with van der Waals surface area (Å²) in [4.78, 5) is 14.2. The number of aryl methyl sites for hydroxylation is 1. The van der Waals surface area contributed by atoms with Crippen molar-refractivity contribution in [3.63, 3.8) is 0 Å². The number of esters is 1. The van der Waals surface area contributed by atoms with E-state index in [9.17, 15) is 4.79 Å². The molecule has 4 heteroatoms. The summed E-state index contributed by atoms with van der Waals surface area (Å²) in [6.45, 7) is 6.94. The molecule has 2 rings (SSSR count). The summed E-state index contributed by atoms with van der Waals surface area (Å²) in [6.07, 6.45) is 3.72. The van der Waals surface area contributed by atoms with Gasteiger partial charge in [0.25, 0.3) is 0 Å². The van der Waals surface area contributed by atoms with E-state index >= 15 is 0 Å². The molecule has 0 amide bonds. The molecule has 1 aromatic carbocycles. The number of piperidine rings is 1. The highest BCUT2D eigenvalue weighted by atomic mass is 16.6. The SMILES string of the molecule is Cc1cccc(OCC(=O)O[C@@H](C)CN2CCCCC2)c1. The van der Waals surface area contributed by atoms with Crippen LogP contribution in [0.3, 0.4) is 0 Å². The van der Waals surface area contributed by atoms with Crippen LogP contribution in [0, 0.1) is 6.92 Å². The van der Waals surface area contributed by atoms with Crippen molar-refractivity contribution < 1.29 is 14.3 Å². The molecule has 4 nitrogen and oxygen atoms in total. The van der Waals surface area contributed by atoms with E-state index in [0.29, 0.717) is 5.75 Å². The normalized spacial score (nSPS) is 17.2. The van der Waals surface area contributed by atoms with E-state index in [4.69, 9.17) is 9.47 Å². The number of benzene rings is 1. The summed E-state index contributed by atoms with van der Waals surface area (Å²) >= 11 is 0. The fraction of sp³-hybridized carbons (Fsp3) is 0.588. The quantitative estimate of drug-likeness (QED) is 0.756. The Hall–Kier alpha value is -1.55. The third kappa shape index (κ3) is 5.76. The molecule has 0 aliphatic carbocycles. The van der Waals surface area contributed by atoms with E-state index in [2.05, 4.69) is 4.90 Å². The fourth-order valence-corrected chi connectivity index (χ4v) is 2.65. The largest absolute Gasteiger partial charge is 0.482 e. The molecular formula is C17H25NO3. The first-order chi connectivity index (χ1) is 10.1. The van der Waals surface area contributed by atoms with Crippen molar-refractivity contribution in [2.45, 2.75) is 39.2 Å². The lowest BCUT2D eigenvalue weighted by Gasteiger charge is -2.28. The van der Waals surface area contributed by atoms with Gasteiger partial charge in [0.1, 0.15) is 11.9 Å². The van der Waals surface area contributed by atoms with Crippen molar-refractivity contribution in [2.75, 3.05) is 26.2 Å². The average molecular weight is 291 g/mol. The number of hydrogen-bond donors (Lipinski definition) is 0. The molecule has 1 saturated heterocycles. The van der Waals surface area contributed by atoms with Gasteiger partial charge in [-0.05, 0) is 57.5 Å². The van der Waals surface area contributed by atoms with Crippen molar-refractivity contribution in [1.29, 1.82) is 0 Å². The molecule has 0 radical (unpaired) electrons. The van der Waals surface area contributed by atoms with E-state index in [1.807, 2.05) is 38.1 Å². The summed E-state index contributed by atoms with van der Waals surface area (Å²) in [7, 11) is 0. The smallest absolute Gasteiger partial charge is 0.344 e. The summed E-state index contributed by atoms with van der Waals surface area (Å²) in [5, 5.41) is 0. The van der Waals surface area contributed by atoms with Gasteiger partial charge in [-0.3, -0.25) is 4.90 Å². The molecule has 0 saturated carbocycles. The molecule has 0 bridgehead atoms. The molecule has 0 N–H and O–H groups in total. The first kappa shape index (κ1) is 15.8. The van der Waals surface area contributed by atoms with Gasteiger partial charge < -0.3 is 9.47 Å². The van der Waals surface area contributed by atoms with Crippen molar-refractivity contribution in [3.8, 4) is 5.75 Å². The van der Waals surface area contributed by atoms with Crippen LogP contribution in [0.4, 0.5) is 0 Å². The Morgan fingerprint density at radius 1 is 1.29 bits per heavy atom.